The van der Waals surface area contributed by atoms with Gasteiger partial charge in [0.15, 0.2) is 24.7 Å². The van der Waals surface area contributed by atoms with E-state index >= 15 is 0 Å². The van der Waals surface area contributed by atoms with Crippen molar-refractivity contribution in [2.75, 3.05) is 13.2 Å². The Labute approximate surface area is 373 Å². The van der Waals surface area contributed by atoms with Crippen molar-refractivity contribution in [3.8, 4) is 0 Å². The fraction of sp³-hybridized carbons (Fsp3) is 0.956. The summed E-state index contributed by atoms with van der Waals surface area (Å²) < 4.78 is 48.3. The molecular formula is C45H72O19. The van der Waals surface area contributed by atoms with E-state index in [1.165, 1.54) is 19.4 Å². The summed E-state index contributed by atoms with van der Waals surface area (Å²) in [7, 11) is 0. The van der Waals surface area contributed by atoms with Crippen molar-refractivity contribution >= 4 is 0 Å². The van der Waals surface area contributed by atoms with Gasteiger partial charge in [-0.3, -0.25) is 0 Å². The Morgan fingerprint density at radius 2 is 1.33 bits per heavy atom. The molecule has 4 aliphatic carbocycles. The lowest BCUT2D eigenvalue weighted by atomic mass is 9.46. The first-order valence-corrected chi connectivity index (χ1v) is 23.5. The number of ether oxygens (including phenoxy) is 8. The van der Waals surface area contributed by atoms with Crippen molar-refractivity contribution in [2.45, 2.75) is 220 Å². The number of allylic oxidation sites excluding steroid dienone is 1. The minimum absolute atomic E-state index is 0.0802. The molecule has 3 saturated carbocycles. The second-order valence-electron chi connectivity index (χ2n) is 21.6. The van der Waals surface area contributed by atoms with Crippen LogP contribution in [0.4, 0.5) is 0 Å². The molecule has 0 unspecified atom stereocenters. The lowest BCUT2D eigenvalue weighted by molar-refractivity contribution is -0.376. The van der Waals surface area contributed by atoms with Crippen LogP contribution in [0.25, 0.3) is 0 Å². The van der Waals surface area contributed by atoms with Gasteiger partial charge in [-0.05, 0) is 88.9 Å². The van der Waals surface area contributed by atoms with E-state index in [2.05, 4.69) is 19.9 Å². The second kappa shape index (κ2) is 16.8. The largest absolute Gasteiger partial charge is 0.394 e. The Morgan fingerprint density at radius 3 is 2.00 bits per heavy atom. The van der Waals surface area contributed by atoms with E-state index in [-0.39, 0.29) is 30.5 Å². The fourth-order valence-electron chi connectivity index (χ4n) is 13.9. The summed E-state index contributed by atoms with van der Waals surface area (Å²) in [5.74, 6) is -0.725. The van der Waals surface area contributed by atoms with Crippen LogP contribution in [0.15, 0.2) is 11.6 Å². The predicted octanol–water partition coefficient (Wildman–Crippen LogP) is -1.56. The third-order valence-corrected chi connectivity index (χ3v) is 18.1. The van der Waals surface area contributed by atoms with E-state index in [0.717, 1.165) is 25.7 Å². The van der Waals surface area contributed by atoms with Crippen molar-refractivity contribution in [3.63, 3.8) is 0 Å². The third-order valence-electron chi connectivity index (χ3n) is 18.1. The van der Waals surface area contributed by atoms with Gasteiger partial charge in [-0.15, -0.1) is 0 Å². The molecule has 0 aromatic heterocycles. The van der Waals surface area contributed by atoms with Gasteiger partial charge < -0.3 is 94.1 Å². The van der Waals surface area contributed by atoms with Gasteiger partial charge in [-0.1, -0.05) is 32.4 Å². The SMILES string of the molecule is C[C@@H]1O[C@@H](O[C@@H]2[C@@H](O)[C@@H](O)[C@H](O[C@H]3[C@H](O)[C@@H](O)[C@H](O[C@H]4CC[C@@]5(C)C(=CC[C@@H]6[C@@H]5CC[C@@]5(C)[C@H]6C[C@@H]6O[C@]7(C[C@H](O)[C@](C)(O)CO7)[C@@H](C)[C@@]65O)C4)O[C@@H]3CO)O[C@H]2C)[C@H](O)[C@H](O)[C@H]1O. The number of aliphatic hydroxyl groups excluding tert-OH is 9. The van der Waals surface area contributed by atoms with E-state index < -0.39 is 139 Å². The lowest BCUT2D eigenvalue weighted by Gasteiger charge is -2.60. The van der Waals surface area contributed by atoms with Gasteiger partial charge in [0, 0.05) is 17.8 Å². The first kappa shape index (κ1) is 48.0. The summed E-state index contributed by atoms with van der Waals surface area (Å²) in [6, 6.07) is 0. The van der Waals surface area contributed by atoms with Crippen LogP contribution in [0.3, 0.4) is 0 Å². The summed E-state index contributed by atoms with van der Waals surface area (Å²) in [6.07, 6.45) is -15.8. The highest BCUT2D eigenvalue weighted by atomic mass is 16.8. The van der Waals surface area contributed by atoms with Gasteiger partial charge in [-0.25, -0.2) is 0 Å². The van der Waals surface area contributed by atoms with Crippen molar-refractivity contribution in [1.82, 2.24) is 0 Å². The Balaban J connectivity index is 0.819. The number of rotatable bonds is 7. The molecule has 0 bridgehead atoms. The molecule has 27 atom stereocenters. The van der Waals surface area contributed by atoms with Crippen LogP contribution in [0.5, 0.6) is 0 Å². The average Bonchev–Trinajstić information content (AvgIpc) is 3.61. The Kier molecular flexibility index (Phi) is 12.6. The molecule has 5 saturated heterocycles. The molecule has 9 rings (SSSR count). The van der Waals surface area contributed by atoms with Crippen LogP contribution >= 0.6 is 0 Å². The standard InChI is InChI=1S/C45H72O19/c1-18-29(48)30(49)33(52)38(58-18)62-36-19(2)59-39(34(53)31(36)50)63-37-26(16-46)61-40(35(54)32(37)51)60-22-9-11-41(4)21(13-22)7-8-23-24(41)10-12-42(5)25(23)14-28-45(42,56)20(3)44(64-28)15-27(47)43(6,55)17-57-44/h7,18-20,22-40,46-56H,8-17H2,1-6H3/t18-,19-,20+,22-,23+,24-,25-,26+,27-,28-,29-,30+,31-,32+,33+,34+,35+,36-,37+,38-,39-,40+,41-,42-,43+,44+,45+/m0/s1. The maximum atomic E-state index is 12.8. The summed E-state index contributed by atoms with van der Waals surface area (Å²) in [6.45, 7) is 10.3. The molecule has 366 valence electrons. The van der Waals surface area contributed by atoms with Crippen LogP contribution in [0, 0.1) is 34.5 Å². The molecule has 11 N–H and O–H groups in total. The van der Waals surface area contributed by atoms with E-state index in [4.69, 9.17) is 37.9 Å². The summed E-state index contributed by atoms with van der Waals surface area (Å²) >= 11 is 0. The molecule has 0 amide bonds. The van der Waals surface area contributed by atoms with E-state index in [1.807, 2.05) is 6.92 Å². The van der Waals surface area contributed by atoms with Gasteiger partial charge in [0.25, 0.3) is 0 Å². The molecule has 0 radical (unpaired) electrons. The number of hydrogen-bond donors (Lipinski definition) is 11. The molecular weight excluding hydrogens is 844 g/mol. The maximum absolute atomic E-state index is 12.8. The van der Waals surface area contributed by atoms with E-state index in [1.54, 1.807) is 6.92 Å². The minimum atomic E-state index is -1.78. The normalized spacial score (nSPS) is 59.7. The van der Waals surface area contributed by atoms with Crippen molar-refractivity contribution in [3.05, 3.63) is 11.6 Å². The summed E-state index contributed by atoms with van der Waals surface area (Å²) in [5.41, 5.74) is -1.87. The van der Waals surface area contributed by atoms with Gasteiger partial charge >= 0.3 is 0 Å². The highest BCUT2D eigenvalue weighted by Crippen LogP contribution is 2.72. The second-order valence-corrected chi connectivity index (χ2v) is 21.6. The molecule has 19 heteroatoms. The first-order valence-electron chi connectivity index (χ1n) is 23.5. The lowest BCUT2D eigenvalue weighted by Crippen LogP contribution is -2.65. The molecule has 5 heterocycles. The van der Waals surface area contributed by atoms with Crippen molar-refractivity contribution in [1.29, 1.82) is 0 Å². The summed E-state index contributed by atoms with van der Waals surface area (Å²) in [5, 5.41) is 120. The molecule has 5 aliphatic heterocycles. The molecule has 64 heavy (non-hydrogen) atoms. The van der Waals surface area contributed by atoms with Gasteiger partial charge in [0.1, 0.15) is 72.2 Å². The number of aliphatic hydroxyl groups is 11. The van der Waals surface area contributed by atoms with Crippen molar-refractivity contribution in [2.24, 2.45) is 34.5 Å². The number of hydrogen-bond acceptors (Lipinski definition) is 19. The first-order chi connectivity index (χ1) is 30.0. The molecule has 1 spiro atoms. The van der Waals surface area contributed by atoms with Crippen LogP contribution < -0.4 is 0 Å². The third kappa shape index (κ3) is 7.25. The highest BCUT2D eigenvalue weighted by molar-refractivity contribution is 5.29. The quantitative estimate of drug-likeness (QED) is 0.129. The minimum Gasteiger partial charge on any atom is -0.394 e. The maximum Gasteiger partial charge on any atom is 0.187 e. The number of fused-ring (bicyclic) bond motifs is 7. The van der Waals surface area contributed by atoms with Gasteiger partial charge in [-0.2, -0.15) is 0 Å². The monoisotopic (exact) mass is 916 g/mol. The fourth-order valence-corrected chi connectivity index (χ4v) is 13.9. The Morgan fingerprint density at radius 1 is 0.703 bits per heavy atom. The molecule has 9 aliphatic rings. The van der Waals surface area contributed by atoms with Gasteiger partial charge in [0.2, 0.25) is 0 Å². The van der Waals surface area contributed by atoms with E-state index in [0.29, 0.717) is 31.1 Å². The average molecular weight is 917 g/mol. The zero-order valence-corrected chi connectivity index (χ0v) is 37.5. The smallest absolute Gasteiger partial charge is 0.187 e. The Hall–Kier alpha value is -1.02. The van der Waals surface area contributed by atoms with Crippen LogP contribution in [-0.4, -0.2) is 197 Å². The zero-order valence-electron chi connectivity index (χ0n) is 37.5. The predicted molar refractivity (Wildman–Crippen MR) is 217 cm³/mol. The van der Waals surface area contributed by atoms with Crippen LogP contribution in [0.1, 0.15) is 92.9 Å². The summed E-state index contributed by atoms with van der Waals surface area (Å²) in [4.78, 5) is 0. The molecule has 19 nitrogen and oxygen atoms in total. The van der Waals surface area contributed by atoms with E-state index in [9.17, 15) is 56.2 Å². The van der Waals surface area contributed by atoms with Crippen LogP contribution in [-0.2, 0) is 37.9 Å². The topological polar surface area (TPSA) is 296 Å². The molecule has 8 fully saturated rings. The Bertz CT molecular complexity index is 1740. The zero-order chi connectivity index (χ0) is 46.2. The molecule has 0 aromatic carbocycles. The van der Waals surface area contributed by atoms with Crippen molar-refractivity contribution < 1.29 is 94.1 Å². The molecule has 0 aromatic rings. The van der Waals surface area contributed by atoms with Gasteiger partial charge in [0.05, 0.1) is 43.7 Å². The highest BCUT2D eigenvalue weighted by Gasteiger charge is 2.77. The van der Waals surface area contributed by atoms with Crippen LogP contribution in [0.2, 0.25) is 0 Å².